The summed E-state index contributed by atoms with van der Waals surface area (Å²) in [5.74, 6) is 1.14. The summed E-state index contributed by atoms with van der Waals surface area (Å²) >= 11 is 0. The molecule has 6 heteroatoms. The van der Waals surface area contributed by atoms with Gasteiger partial charge in [-0.15, -0.1) is 0 Å². The van der Waals surface area contributed by atoms with Crippen LogP contribution in [0.15, 0.2) is 4.52 Å². The summed E-state index contributed by atoms with van der Waals surface area (Å²) in [7, 11) is 2.28. The number of aryl methyl sites for hydroxylation is 2. The molecule has 6 nitrogen and oxygen atoms in total. The van der Waals surface area contributed by atoms with Crippen LogP contribution in [0.25, 0.3) is 0 Å². The van der Waals surface area contributed by atoms with Crippen LogP contribution in [0, 0.1) is 19.3 Å². The Morgan fingerprint density at radius 3 is 2.63 bits per heavy atom. The third-order valence-corrected chi connectivity index (χ3v) is 7.24. The maximum Gasteiger partial charge on any atom is 0.223 e. The Hall–Kier alpha value is -1.40. The molecule has 0 radical (unpaired) electrons. The van der Waals surface area contributed by atoms with Gasteiger partial charge in [0.15, 0.2) is 0 Å². The molecule has 1 amide bonds. The van der Waals surface area contributed by atoms with E-state index in [1.807, 2.05) is 18.7 Å². The summed E-state index contributed by atoms with van der Waals surface area (Å²) in [6.07, 6.45) is 7.06. The molecule has 1 spiro atoms. The van der Waals surface area contributed by atoms with Crippen molar-refractivity contribution >= 4 is 5.91 Å². The second-order valence-electron chi connectivity index (χ2n) is 9.16. The third kappa shape index (κ3) is 3.92. The van der Waals surface area contributed by atoms with Crippen LogP contribution >= 0.6 is 0 Å². The summed E-state index contributed by atoms with van der Waals surface area (Å²) in [4.78, 5) is 19.9. The molecule has 4 rings (SSSR count). The molecule has 3 aliphatic heterocycles. The summed E-state index contributed by atoms with van der Waals surface area (Å²) in [5, 5.41) is 4.04. The predicted molar refractivity (Wildman–Crippen MR) is 104 cm³/mol. The smallest absolute Gasteiger partial charge is 0.223 e. The van der Waals surface area contributed by atoms with E-state index < -0.39 is 0 Å². The van der Waals surface area contributed by atoms with Gasteiger partial charge in [-0.3, -0.25) is 4.79 Å². The van der Waals surface area contributed by atoms with E-state index in [-0.39, 0.29) is 5.41 Å². The van der Waals surface area contributed by atoms with E-state index in [4.69, 9.17) is 4.52 Å². The maximum atomic E-state index is 12.7. The fourth-order valence-electron chi connectivity index (χ4n) is 5.26. The standard InChI is InChI=1S/C21H34N4O2/c1-16-19(17(2)27-22-16)14-25-15-21(12-20(25)26)7-10-24(11-8-21)13-18-6-4-5-9-23(18)3/h18H,4-15H2,1-3H3. The van der Waals surface area contributed by atoms with Crippen molar-refractivity contribution in [2.45, 2.75) is 65.0 Å². The van der Waals surface area contributed by atoms with Gasteiger partial charge in [0.1, 0.15) is 5.76 Å². The monoisotopic (exact) mass is 374 g/mol. The van der Waals surface area contributed by atoms with E-state index in [1.54, 1.807) is 0 Å². The number of rotatable bonds is 4. The minimum atomic E-state index is 0.186. The third-order valence-electron chi connectivity index (χ3n) is 7.24. The minimum Gasteiger partial charge on any atom is -0.361 e. The fourth-order valence-corrected chi connectivity index (χ4v) is 5.26. The highest BCUT2D eigenvalue weighted by Crippen LogP contribution is 2.42. The lowest BCUT2D eigenvalue weighted by molar-refractivity contribution is -0.128. The van der Waals surface area contributed by atoms with E-state index >= 15 is 0 Å². The molecule has 0 aliphatic carbocycles. The van der Waals surface area contributed by atoms with Crippen LogP contribution in [0.3, 0.4) is 0 Å². The minimum absolute atomic E-state index is 0.186. The number of hydrogen-bond donors (Lipinski definition) is 0. The van der Waals surface area contributed by atoms with Crippen molar-refractivity contribution in [1.82, 2.24) is 19.9 Å². The Kier molecular flexibility index (Phi) is 5.30. The van der Waals surface area contributed by atoms with Gasteiger partial charge in [0.05, 0.1) is 12.2 Å². The Morgan fingerprint density at radius 2 is 1.96 bits per heavy atom. The van der Waals surface area contributed by atoms with E-state index in [1.165, 1.54) is 32.4 Å². The van der Waals surface area contributed by atoms with Gasteiger partial charge < -0.3 is 19.2 Å². The molecule has 1 aromatic heterocycles. The molecule has 3 saturated heterocycles. The number of aromatic nitrogens is 1. The number of carbonyl (C=O) groups is 1. The Morgan fingerprint density at radius 1 is 1.19 bits per heavy atom. The first-order valence-electron chi connectivity index (χ1n) is 10.6. The highest BCUT2D eigenvalue weighted by Gasteiger charge is 2.45. The maximum absolute atomic E-state index is 12.7. The molecule has 3 fully saturated rings. The van der Waals surface area contributed by atoms with Crippen molar-refractivity contribution < 1.29 is 9.32 Å². The van der Waals surface area contributed by atoms with Crippen molar-refractivity contribution in [3.63, 3.8) is 0 Å². The van der Waals surface area contributed by atoms with Crippen LogP contribution in [0.4, 0.5) is 0 Å². The van der Waals surface area contributed by atoms with Gasteiger partial charge in [-0.05, 0) is 71.6 Å². The zero-order chi connectivity index (χ0) is 19.0. The van der Waals surface area contributed by atoms with E-state index in [0.717, 1.165) is 49.5 Å². The van der Waals surface area contributed by atoms with Gasteiger partial charge in [0, 0.05) is 31.1 Å². The summed E-state index contributed by atoms with van der Waals surface area (Å²) in [6.45, 7) is 10.2. The predicted octanol–water partition coefficient (Wildman–Crippen LogP) is 2.59. The van der Waals surface area contributed by atoms with Crippen LogP contribution in [-0.4, -0.2) is 71.6 Å². The normalized spacial score (nSPS) is 27.0. The topological polar surface area (TPSA) is 52.8 Å². The Bertz CT molecular complexity index is 658. The lowest BCUT2D eigenvalue weighted by Gasteiger charge is -2.42. The molecular weight excluding hydrogens is 340 g/mol. The van der Waals surface area contributed by atoms with Gasteiger partial charge >= 0.3 is 0 Å². The van der Waals surface area contributed by atoms with Gasteiger partial charge in [-0.1, -0.05) is 11.6 Å². The molecule has 1 aromatic rings. The first kappa shape index (κ1) is 18.9. The van der Waals surface area contributed by atoms with Gasteiger partial charge in [-0.25, -0.2) is 0 Å². The van der Waals surface area contributed by atoms with Crippen molar-refractivity contribution in [2.75, 3.05) is 39.8 Å². The van der Waals surface area contributed by atoms with Crippen LogP contribution in [-0.2, 0) is 11.3 Å². The molecule has 0 saturated carbocycles. The van der Waals surface area contributed by atoms with Crippen LogP contribution in [0.2, 0.25) is 0 Å². The van der Waals surface area contributed by atoms with Crippen LogP contribution in [0.1, 0.15) is 55.5 Å². The first-order valence-corrected chi connectivity index (χ1v) is 10.6. The number of likely N-dealkylation sites (tertiary alicyclic amines) is 3. The fraction of sp³-hybridized carbons (Fsp3) is 0.810. The Balaban J connectivity index is 1.32. The van der Waals surface area contributed by atoms with Crippen molar-refractivity contribution in [3.05, 3.63) is 17.0 Å². The quantitative estimate of drug-likeness (QED) is 0.811. The molecule has 4 heterocycles. The largest absolute Gasteiger partial charge is 0.361 e. The van der Waals surface area contributed by atoms with Crippen molar-refractivity contribution in [1.29, 1.82) is 0 Å². The first-order chi connectivity index (χ1) is 13.0. The van der Waals surface area contributed by atoms with E-state index in [2.05, 4.69) is 22.0 Å². The van der Waals surface area contributed by atoms with E-state index in [9.17, 15) is 4.79 Å². The zero-order valence-corrected chi connectivity index (χ0v) is 17.2. The number of nitrogens with zero attached hydrogens (tertiary/aromatic N) is 4. The van der Waals surface area contributed by atoms with Crippen LogP contribution in [0.5, 0.6) is 0 Å². The van der Waals surface area contributed by atoms with E-state index in [0.29, 0.717) is 24.9 Å². The number of piperidine rings is 2. The SMILES string of the molecule is Cc1noc(C)c1CN1CC2(CCN(CC3CCCCN3C)CC2)CC1=O. The number of amides is 1. The highest BCUT2D eigenvalue weighted by atomic mass is 16.5. The molecule has 27 heavy (non-hydrogen) atoms. The van der Waals surface area contributed by atoms with Crippen LogP contribution < -0.4 is 0 Å². The summed E-state index contributed by atoms with van der Waals surface area (Å²) in [5.41, 5.74) is 2.18. The molecule has 3 aliphatic rings. The van der Waals surface area contributed by atoms with Crippen molar-refractivity contribution in [2.24, 2.45) is 5.41 Å². The molecular formula is C21H34N4O2. The molecule has 0 N–H and O–H groups in total. The Labute approximate surface area is 162 Å². The summed E-state index contributed by atoms with van der Waals surface area (Å²) < 4.78 is 5.27. The average Bonchev–Trinajstić information content (AvgIpc) is 3.13. The zero-order valence-electron chi connectivity index (χ0n) is 17.2. The molecule has 1 atom stereocenters. The summed E-state index contributed by atoms with van der Waals surface area (Å²) in [6, 6.07) is 0.717. The second-order valence-corrected chi connectivity index (χ2v) is 9.16. The highest BCUT2D eigenvalue weighted by molar-refractivity contribution is 5.79. The van der Waals surface area contributed by atoms with Gasteiger partial charge in [0.2, 0.25) is 5.91 Å². The molecule has 0 bridgehead atoms. The lowest BCUT2D eigenvalue weighted by atomic mass is 9.77. The number of likely N-dealkylation sites (N-methyl/N-ethyl adjacent to an activating group) is 1. The second kappa shape index (κ2) is 7.55. The number of hydrogen-bond acceptors (Lipinski definition) is 5. The molecule has 150 valence electrons. The van der Waals surface area contributed by atoms with Gasteiger partial charge in [0.25, 0.3) is 0 Å². The number of carbonyl (C=O) groups excluding carboxylic acids is 1. The lowest BCUT2D eigenvalue weighted by Crippen LogP contribution is -2.49. The van der Waals surface area contributed by atoms with Crippen molar-refractivity contribution in [3.8, 4) is 0 Å². The molecule has 1 unspecified atom stereocenters. The van der Waals surface area contributed by atoms with Gasteiger partial charge in [-0.2, -0.15) is 0 Å². The molecule has 0 aromatic carbocycles. The average molecular weight is 375 g/mol.